The molecular weight excluding hydrogens is 377 g/mol. The first-order valence-electron chi connectivity index (χ1n) is 8.63. The van der Waals surface area contributed by atoms with Crippen molar-refractivity contribution in [1.29, 1.82) is 0 Å². The van der Waals surface area contributed by atoms with Crippen LogP contribution in [0.3, 0.4) is 0 Å². The Hall–Kier alpha value is -4.07. The fraction of sp³-hybridized carbons (Fsp3) is 0.0476. The summed E-state index contributed by atoms with van der Waals surface area (Å²) in [6.07, 6.45) is 3.04. The third-order valence-electron chi connectivity index (χ3n) is 4.11. The molecule has 29 heavy (non-hydrogen) atoms. The summed E-state index contributed by atoms with van der Waals surface area (Å²) in [5.41, 5.74) is 1.59. The second-order valence-corrected chi connectivity index (χ2v) is 6.10. The predicted molar refractivity (Wildman–Crippen MR) is 103 cm³/mol. The zero-order valence-electron chi connectivity index (χ0n) is 15.0. The van der Waals surface area contributed by atoms with Crippen LogP contribution in [0, 0.1) is 15.9 Å². The van der Waals surface area contributed by atoms with Crippen molar-refractivity contribution in [2.75, 3.05) is 0 Å². The lowest BCUT2D eigenvalue weighted by Gasteiger charge is -2.10. The van der Waals surface area contributed by atoms with Crippen LogP contribution < -0.4 is 9.47 Å². The van der Waals surface area contributed by atoms with Gasteiger partial charge in [-0.25, -0.2) is 9.37 Å². The average molecular weight is 391 g/mol. The highest BCUT2D eigenvalue weighted by Crippen LogP contribution is 2.31. The SMILES string of the molecule is O=[N+]([O-])c1ccc(Oc2ccnc3cc(OCc4ccccc4)cnc23)c(F)c1. The van der Waals surface area contributed by atoms with E-state index in [1.54, 1.807) is 12.1 Å². The molecule has 0 aliphatic carbocycles. The summed E-state index contributed by atoms with van der Waals surface area (Å²) < 4.78 is 25.5. The predicted octanol–water partition coefficient (Wildman–Crippen LogP) is 5.05. The van der Waals surface area contributed by atoms with Gasteiger partial charge in [0.2, 0.25) is 0 Å². The second-order valence-electron chi connectivity index (χ2n) is 6.10. The molecule has 2 aromatic carbocycles. The maximum absolute atomic E-state index is 14.1. The van der Waals surface area contributed by atoms with Crippen LogP contribution in [0.4, 0.5) is 10.1 Å². The molecule has 0 aliphatic rings. The number of nitrogens with zero attached hydrogens (tertiary/aromatic N) is 3. The molecule has 0 aliphatic heterocycles. The van der Waals surface area contributed by atoms with E-state index in [0.29, 0.717) is 23.4 Å². The summed E-state index contributed by atoms with van der Waals surface area (Å²) in [6, 6.07) is 16.1. The number of rotatable bonds is 6. The highest BCUT2D eigenvalue weighted by atomic mass is 19.1. The molecule has 0 N–H and O–H groups in total. The zero-order chi connectivity index (χ0) is 20.2. The first kappa shape index (κ1) is 18.3. The number of hydrogen-bond donors (Lipinski definition) is 0. The quantitative estimate of drug-likeness (QED) is 0.338. The van der Waals surface area contributed by atoms with Crippen LogP contribution in [0.25, 0.3) is 11.0 Å². The van der Waals surface area contributed by atoms with Crippen LogP contribution in [0.15, 0.2) is 73.1 Å². The third-order valence-corrected chi connectivity index (χ3v) is 4.11. The number of non-ortho nitro benzene ring substituents is 1. The van der Waals surface area contributed by atoms with Gasteiger partial charge in [0, 0.05) is 24.4 Å². The Labute approximate surface area is 164 Å². The molecule has 0 radical (unpaired) electrons. The second kappa shape index (κ2) is 7.89. The van der Waals surface area contributed by atoms with Crippen molar-refractivity contribution in [2.24, 2.45) is 0 Å². The summed E-state index contributed by atoms with van der Waals surface area (Å²) in [5, 5.41) is 10.7. The molecule has 0 saturated carbocycles. The van der Waals surface area contributed by atoms with Gasteiger partial charge in [0.05, 0.1) is 22.7 Å². The van der Waals surface area contributed by atoms with Gasteiger partial charge in [-0.1, -0.05) is 30.3 Å². The van der Waals surface area contributed by atoms with Crippen molar-refractivity contribution >= 4 is 16.7 Å². The molecular formula is C21H14FN3O4. The summed E-state index contributed by atoms with van der Waals surface area (Å²) in [5.74, 6) is -0.175. The molecule has 0 saturated heterocycles. The minimum absolute atomic E-state index is 0.144. The van der Waals surface area contributed by atoms with Gasteiger partial charge in [-0.15, -0.1) is 0 Å². The smallest absolute Gasteiger partial charge is 0.272 e. The van der Waals surface area contributed by atoms with E-state index in [0.717, 1.165) is 11.6 Å². The van der Waals surface area contributed by atoms with Crippen LogP contribution in [0.5, 0.6) is 17.2 Å². The molecule has 4 rings (SSSR count). The van der Waals surface area contributed by atoms with E-state index in [-0.39, 0.29) is 17.2 Å². The molecule has 7 nitrogen and oxygen atoms in total. The molecule has 2 heterocycles. The zero-order valence-corrected chi connectivity index (χ0v) is 15.0. The number of hydrogen-bond acceptors (Lipinski definition) is 6. The highest BCUT2D eigenvalue weighted by Gasteiger charge is 2.14. The van der Waals surface area contributed by atoms with E-state index < -0.39 is 10.7 Å². The molecule has 0 atom stereocenters. The summed E-state index contributed by atoms with van der Waals surface area (Å²) in [6.45, 7) is 0.387. The van der Waals surface area contributed by atoms with E-state index in [2.05, 4.69) is 9.97 Å². The summed E-state index contributed by atoms with van der Waals surface area (Å²) in [7, 11) is 0. The molecule has 0 bridgehead atoms. The Morgan fingerprint density at radius 3 is 2.59 bits per heavy atom. The van der Waals surface area contributed by atoms with Gasteiger partial charge in [-0.05, 0) is 11.6 Å². The molecule has 8 heteroatoms. The number of halogens is 1. The number of benzene rings is 2. The number of aromatic nitrogens is 2. The highest BCUT2D eigenvalue weighted by molar-refractivity contribution is 5.81. The molecule has 0 fully saturated rings. The van der Waals surface area contributed by atoms with Gasteiger partial charge in [0.1, 0.15) is 17.9 Å². The molecule has 144 valence electrons. The summed E-state index contributed by atoms with van der Waals surface area (Å²) in [4.78, 5) is 18.6. The van der Waals surface area contributed by atoms with Gasteiger partial charge in [-0.3, -0.25) is 15.1 Å². The van der Waals surface area contributed by atoms with E-state index in [1.165, 1.54) is 24.5 Å². The van der Waals surface area contributed by atoms with Crippen LogP contribution in [-0.2, 0) is 6.61 Å². The molecule has 2 aromatic heterocycles. The maximum Gasteiger partial charge on any atom is 0.272 e. The van der Waals surface area contributed by atoms with Crippen molar-refractivity contribution < 1.29 is 18.8 Å². The van der Waals surface area contributed by atoms with E-state index in [1.807, 2.05) is 30.3 Å². The number of nitro benzene ring substituents is 1. The molecule has 4 aromatic rings. The number of ether oxygens (including phenoxy) is 2. The number of fused-ring (bicyclic) bond motifs is 1. The minimum atomic E-state index is -0.841. The van der Waals surface area contributed by atoms with Gasteiger partial charge in [-0.2, -0.15) is 0 Å². The lowest BCUT2D eigenvalue weighted by Crippen LogP contribution is -1.97. The van der Waals surface area contributed by atoms with Crippen molar-refractivity contribution in [3.05, 3.63) is 94.6 Å². The first-order valence-corrected chi connectivity index (χ1v) is 8.63. The standard InChI is InChI=1S/C21H14FN3O4/c22-17-10-15(25(26)27)6-7-19(17)29-20-8-9-23-18-11-16(12-24-21(18)20)28-13-14-4-2-1-3-5-14/h1-12H,13H2. The fourth-order valence-corrected chi connectivity index (χ4v) is 2.69. The van der Waals surface area contributed by atoms with Crippen molar-refractivity contribution in [1.82, 2.24) is 9.97 Å². The Morgan fingerprint density at radius 2 is 1.83 bits per heavy atom. The van der Waals surface area contributed by atoms with Crippen molar-refractivity contribution in [2.45, 2.75) is 6.61 Å². The van der Waals surface area contributed by atoms with Gasteiger partial charge in [0.25, 0.3) is 5.69 Å². The monoisotopic (exact) mass is 391 g/mol. The Morgan fingerprint density at radius 1 is 1.00 bits per heavy atom. The van der Waals surface area contributed by atoms with Crippen LogP contribution >= 0.6 is 0 Å². The summed E-state index contributed by atoms with van der Waals surface area (Å²) >= 11 is 0. The Kier molecular flexibility index (Phi) is 4.98. The first-order chi connectivity index (χ1) is 14.1. The number of nitro groups is 1. The molecule has 0 spiro atoms. The van der Waals surface area contributed by atoms with E-state index in [4.69, 9.17) is 9.47 Å². The van der Waals surface area contributed by atoms with Crippen LogP contribution in [0.1, 0.15) is 5.56 Å². The van der Waals surface area contributed by atoms with Crippen LogP contribution in [0.2, 0.25) is 0 Å². The maximum atomic E-state index is 14.1. The minimum Gasteiger partial charge on any atom is -0.487 e. The van der Waals surface area contributed by atoms with E-state index >= 15 is 0 Å². The fourth-order valence-electron chi connectivity index (χ4n) is 2.69. The Balaban J connectivity index is 1.57. The van der Waals surface area contributed by atoms with Crippen molar-refractivity contribution in [3.8, 4) is 17.2 Å². The van der Waals surface area contributed by atoms with Crippen molar-refractivity contribution in [3.63, 3.8) is 0 Å². The third kappa shape index (κ3) is 4.11. The topological polar surface area (TPSA) is 87.4 Å². The van der Waals surface area contributed by atoms with Gasteiger partial charge >= 0.3 is 0 Å². The number of pyridine rings is 2. The lowest BCUT2D eigenvalue weighted by atomic mass is 10.2. The average Bonchev–Trinajstić information content (AvgIpc) is 2.74. The normalized spacial score (nSPS) is 10.7. The van der Waals surface area contributed by atoms with Gasteiger partial charge in [0.15, 0.2) is 17.3 Å². The van der Waals surface area contributed by atoms with Gasteiger partial charge < -0.3 is 9.47 Å². The van der Waals surface area contributed by atoms with E-state index in [9.17, 15) is 14.5 Å². The lowest BCUT2D eigenvalue weighted by molar-refractivity contribution is -0.385. The Bertz CT molecular complexity index is 1190. The molecule has 0 unspecified atom stereocenters. The largest absolute Gasteiger partial charge is 0.487 e. The van der Waals surface area contributed by atoms with Crippen LogP contribution in [-0.4, -0.2) is 14.9 Å². The molecule has 0 amide bonds.